The summed E-state index contributed by atoms with van der Waals surface area (Å²) in [6.45, 7) is 7.38. The van der Waals surface area contributed by atoms with Crippen LogP contribution in [-0.4, -0.2) is 25.0 Å². The zero-order valence-corrected chi connectivity index (χ0v) is 18.1. The highest BCUT2D eigenvalue weighted by Gasteiger charge is 2.15. The van der Waals surface area contributed by atoms with E-state index in [1.165, 1.54) is 0 Å². The molecule has 2 amide bonds. The summed E-state index contributed by atoms with van der Waals surface area (Å²) in [7, 11) is 0. The van der Waals surface area contributed by atoms with Gasteiger partial charge in [0.05, 0.1) is 12.2 Å². The smallest absolute Gasteiger partial charge is 0.259 e. The largest absolute Gasteiger partial charge is 0.492 e. The van der Waals surface area contributed by atoms with Gasteiger partial charge in [0.1, 0.15) is 5.75 Å². The van der Waals surface area contributed by atoms with E-state index in [9.17, 15) is 9.59 Å². The molecule has 0 aliphatic rings. The Morgan fingerprint density at radius 2 is 1.79 bits per heavy atom. The van der Waals surface area contributed by atoms with E-state index in [0.29, 0.717) is 41.6 Å². The van der Waals surface area contributed by atoms with Crippen LogP contribution in [0, 0.1) is 5.92 Å². The van der Waals surface area contributed by atoms with Gasteiger partial charge in [-0.25, -0.2) is 0 Å². The second-order valence-corrected chi connectivity index (χ2v) is 7.90. The number of hydrogen-bond acceptors (Lipinski definition) is 3. The Kier molecular flexibility index (Phi) is 8.51. The summed E-state index contributed by atoms with van der Waals surface area (Å²) in [5.74, 6) is 0.528. The molecule has 5 nitrogen and oxygen atoms in total. The first-order valence-corrected chi connectivity index (χ1v) is 10.3. The molecule has 0 radical (unpaired) electrons. The van der Waals surface area contributed by atoms with Gasteiger partial charge in [-0.2, -0.15) is 0 Å². The van der Waals surface area contributed by atoms with Crippen molar-refractivity contribution in [3.63, 3.8) is 0 Å². The van der Waals surface area contributed by atoms with Gasteiger partial charge in [0.25, 0.3) is 11.8 Å². The number of ether oxygens (including phenoxy) is 1. The maximum absolute atomic E-state index is 12.7. The molecule has 0 saturated heterocycles. The molecule has 0 aliphatic carbocycles. The molecular formula is C22H27BrN2O3. The molecule has 2 aromatic carbocycles. The van der Waals surface area contributed by atoms with E-state index in [1.807, 2.05) is 6.07 Å². The summed E-state index contributed by atoms with van der Waals surface area (Å²) >= 11 is 3.40. The standard InChI is InChI=1S/C22H27BrN2O3/c1-4-5-12-24-21(26)16-6-9-18(10-7-16)25-22(27)19-13-17(23)8-11-20(19)28-14-15(2)3/h6-11,13,15H,4-5,12,14H2,1-3H3,(H,24,26)(H,25,27). The molecule has 0 fully saturated rings. The molecule has 0 aliphatic heterocycles. The van der Waals surface area contributed by atoms with Crippen LogP contribution >= 0.6 is 15.9 Å². The number of anilines is 1. The first-order valence-electron chi connectivity index (χ1n) is 9.52. The average Bonchev–Trinajstić information content (AvgIpc) is 2.67. The van der Waals surface area contributed by atoms with Crippen molar-refractivity contribution in [3.05, 3.63) is 58.1 Å². The van der Waals surface area contributed by atoms with Gasteiger partial charge in [-0.3, -0.25) is 9.59 Å². The highest BCUT2D eigenvalue weighted by atomic mass is 79.9. The van der Waals surface area contributed by atoms with Crippen molar-refractivity contribution in [2.24, 2.45) is 5.92 Å². The molecule has 0 heterocycles. The van der Waals surface area contributed by atoms with E-state index in [1.54, 1.807) is 36.4 Å². The molecular weight excluding hydrogens is 420 g/mol. The van der Waals surface area contributed by atoms with Crippen molar-refractivity contribution in [2.45, 2.75) is 33.6 Å². The summed E-state index contributed by atoms with van der Waals surface area (Å²) in [4.78, 5) is 24.8. The number of unbranched alkanes of at least 4 members (excludes halogenated alkanes) is 1. The molecule has 2 N–H and O–H groups in total. The van der Waals surface area contributed by atoms with Gasteiger partial charge in [0, 0.05) is 22.3 Å². The van der Waals surface area contributed by atoms with Crippen LogP contribution in [0.25, 0.3) is 0 Å². The third-order valence-corrected chi connectivity index (χ3v) is 4.47. The zero-order chi connectivity index (χ0) is 20.5. The summed E-state index contributed by atoms with van der Waals surface area (Å²) in [5.41, 5.74) is 1.64. The third kappa shape index (κ3) is 6.68. The minimum absolute atomic E-state index is 0.109. The van der Waals surface area contributed by atoms with Gasteiger partial charge < -0.3 is 15.4 Å². The van der Waals surface area contributed by atoms with Gasteiger partial charge in [0.2, 0.25) is 0 Å². The molecule has 0 bridgehead atoms. The number of hydrogen-bond donors (Lipinski definition) is 2. The summed E-state index contributed by atoms with van der Waals surface area (Å²) in [6.07, 6.45) is 1.98. The Balaban J connectivity index is 2.06. The number of benzene rings is 2. The van der Waals surface area contributed by atoms with Crippen molar-refractivity contribution >= 4 is 33.4 Å². The summed E-state index contributed by atoms with van der Waals surface area (Å²) < 4.78 is 6.57. The van der Waals surface area contributed by atoms with Gasteiger partial charge in [0.15, 0.2) is 0 Å². The van der Waals surface area contributed by atoms with Gasteiger partial charge in [-0.15, -0.1) is 0 Å². The molecule has 6 heteroatoms. The van der Waals surface area contributed by atoms with Gasteiger partial charge in [-0.1, -0.05) is 43.1 Å². The Morgan fingerprint density at radius 1 is 1.07 bits per heavy atom. The minimum Gasteiger partial charge on any atom is -0.492 e. The van der Waals surface area contributed by atoms with Crippen molar-refractivity contribution < 1.29 is 14.3 Å². The Labute approximate surface area is 175 Å². The number of amides is 2. The lowest BCUT2D eigenvalue weighted by molar-refractivity contribution is 0.0952. The van der Waals surface area contributed by atoms with E-state index >= 15 is 0 Å². The number of nitrogens with one attached hydrogen (secondary N) is 2. The normalized spacial score (nSPS) is 10.6. The quantitative estimate of drug-likeness (QED) is 0.515. The maximum Gasteiger partial charge on any atom is 0.259 e. The molecule has 0 aromatic heterocycles. The molecule has 2 rings (SSSR count). The first-order chi connectivity index (χ1) is 13.4. The summed E-state index contributed by atoms with van der Waals surface area (Å²) in [6, 6.07) is 12.2. The van der Waals surface area contributed by atoms with Crippen molar-refractivity contribution in [1.29, 1.82) is 0 Å². The Morgan fingerprint density at radius 3 is 2.43 bits per heavy atom. The lowest BCUT2D eigenvalue weighted by atomic mass is 10.1. The molecule has 0 atom stereocenters. The van der Waals surface area contributed by atoms with Crippen molar-refractivity contribution in [1.82, 2.24) is 5.32 Å². The van der Waals surface area contributed by atoms with Crippen LogP contribution in [0.15, 0.2) is 46.9 Å². The van der Waals surface area contributed by atoms with Crippen molar-refractivity contribution in [3.8, 4) is 5.75 Å². The van der Waals surface area contributed by atoms with E-state index in [-0.39, 0.29) is 11.8 Å². The van der Waals surface area contributed by atoms with Crippen molar-refractivity contribution in [2.75, 3.05) is 18.5 Å². The molecule has 0 spiro atoms. The monoisotopic (exact) mass is 446 g/mol. The van der Waals surface area contributed by atoms with Crippen LogP contribution in [0.4, 0.5) is 5.69 Å². The number of carbonyl (C=O) groups excluding carboxylic acids is 2. The zero-order valence-electron chi connectivity index (χ0n) is 16.5. The lowest BCUT2D eigenvalue weighted by Crippen LogP contribution is -2.24. The van der Waals surface area contributed by atoms with Gasteiger partial charge in [-0.05, 0) is 54.8 Å². The average molecular weight is 447 g/mol. The van der Waals surface area contributed by atoms with E-state index in [0.717, 1.165) is 17.3 Å². The van der Waals surface area contributed by atoms with Crippen LogP contribution in [-0.2, 0) is 0 Å². The highest BCUT2D eigenvalue weighted by Crippen LogP contribution is 2.25. The van der Waals surface area contributed by atoms with Crippen LogP contribution in [0.3, 0.4) is 0 Å². The second kappa shape index (κ2) is 10.9. The number of rotatable bonds is 9. The number of halogens is 1. The first kappa shape index (κ1) is 22.0. The third-order valence-electron chi connectivity index (χ3n) is 3.98. The number of carbonyl (C=O) groups is 2. The fourth-order valence-electron chi connectivity index (χ4n) is 2.45. The Hall–Kier alpha value is -2.34. The van der Waals surface area contributed by atoms with Gasteiger partial charge >= 0.3 is 0 Å². The topological polar surface area (TPSA) is 67.4 Å². The van der Waals surface area contributed by atoms with E-state index < -0.39 is 0 Å². The molecule has 0 unspecified atom stereocenters. The SMILES string of the molecule is CCCCNC(=O)c1ccc(NC(=O)c2cc(Br)ccc2OCC(C)C)cc1. The van der Waals surface area contributed by atoms with E-state index in [4.69, 9.17) is 4.74 Å². The van der Waals surface area contributed by atoms with Crippen LogP contribution in [0.1, 0.15) is 54.3 Å². The summed E-state index contributed by atoms with van der Waals surface area (Å²) in [5, 5.41) is 5.74. The molecule has 0 saturated carbocycles. The maximum atomic E-state index is 12.7. The second-order valence-electron chi connectivity index (χ2n) is 6.99. The highest BCUT2D eigenvalue weighted by molar-refractivity contribution is 9.10. The lowest BCUT2D eigenvalue weighted by Gasteiger charge is -2.14. The molecule has 2 aromatic rings. The fourth-order valence-corrected chi connectivity index (χ4v) is 2.81. The predicted octanol–water partition coefficient (Wildman–Crippen LogP) is 5.27. The van der Waals surface area contributed by atoms with Crippen LogP contribution in [0.5, 0.6) is 5.75 Å². The minimum atomic E-state index is -0.264. The Bertz CT molecular complexity index is 804. The van der Waals surface area contributed by atoms with E-state index in [2.05, 4.69) is 47.3 Å². The molecule has 150 valence electrons. The fraction of sp³-hybridized carbons (Fsp3) is 0.364. The predicted molar refractivity (Wildman–Crippen MR) is 116 cm³/mol. The van der Waals surface area contributed by atoms with Crippen LogP contribution < -0.4 is 15.4 Å². The molecule has 28 heavy (non-hydrogen) atoms. The van der Waals surface area contributed by atoms with Crippen LogP contribution in [0.2, 0.25) is 0 Å².